The van der Waals surface area contributed by atoms with E-state index in [-0.39, 0.29) is 6.61 Å². The quantitative estimate of drug-likeness (QED) is 0.857. The van der Waals surface area contributed by atoms with Crippen molar-refractivity contribution in [3.05, 3.63) is 60.2 Å². The first-order chi connectivity index (χ1) is 10.2. The summed E-state index contributed by atoms with van der Waals surface area (Å²) in [7, 11) is 1.51. The lowest BCUT2D eigenvalue weighted by atomic mass is 10.2. The summed E-state index contributed by atoms with van der Waals surface area (Å²) in [5.74, 6) is -0.409. The van der Waals surface area contributed by atoms with Gasteiger partial charge >= 0.3 is 5.97 Å². The molecule has 2 aromatic rings. The Bertz CT molecular complexity index is 625. The minimum Gasteiger partial charge on any atom is -0.497 e. The van der Waals surface area contributed by atoms with Gasteiger partial charge in [-0.05, 0) is 30.3 Å². The van der Waals surface area contributed by atoms with Gasteiger partial charge in [0.2, 0.25) is 0 Å². The topological polar surface area (TPSA) is 64.6 Å². The van der Waals surface area contributed by atoms with Crippen LogP contribution >= 0.6 is 0 Å². The lowest BCUT2D eigenvalue weighted by Gasteiger charge is -2.07. The number of rotatable bonds is 5. The van der Waals surface area contributed by atoms with Gasteiger partial charge in [-0.1, -0.05) is 24.3 Å². The molecule has 0 bridgehead atoms. The third-order valence-electron chi connectivity index (χ3n) is 2.70. The van der Waals surface area contributed by atoms with Crippen molar-refractivity contribution in [3.8, 4) is 5.75 Å². The maximum Gasteiger partial charge on any atom is 0.338 e. The number of hydrogen-bond donors (Lipinski definition) is 1. The molecule has 0 spiro atoms. The zero-order valence-corrected chi connectivity index (χ0v) is 11.5. The number of ether oxygens (including phenoxy) is 2. The number of nitrogens with one attached hydrogen (secondary N) is 1. The van der Waals surface area contributed by atoms with Gasteiger partial charge in [-0.2, -0.15) is 0 Å². The average molecular weight is 285 g/mol. The Kier molecular flexibility index (Phi) is 4.93. The Morgan fingerprint density at radius 2 is 1.81 bits per heavy atom. The molecule has 0 fully saturated rings. The molecule has 5 heteroatoms. The third kappa shape index (κ3) is 4.35. The fourth-order valence-corrected chi connectivity index (χ4v) is 1.68. The van der Waals surface area contributed by atoms with Crippen LogP contribution in [0, 0.1) is 0 Å². The summed E-state index contributed by atoms with van der Waals surface area (Å²) in [4.78, 5) is 23.5. The molecule has 0 aromatic heterocycles. The summed E-state index contributed by atoms with van der Waals surface area (Å²) >= 11 is 0. The van der Waals surface area contributed by atoms with Crippen molar-refractivity contribution in [1.29, 1.82) is 0 Å². The van der Waals surface area contributed by atoms with Crippen LogP contribution in [-0.2, 0) is 9.53 Å². The van der Waals surface area contributed by atoms with Crippen molar-refractivity contribution in [2.24, 2.45) is 0 Å². The van der Waals surface area contributed by atoms with Crippen LogP contribution in [0.5, 0.6) is 5.75 Å². The van der Waals surface area contributed by atoms with E-state index in [1.807, 2.05) is 6.07 Å². The summed E-state index contributed by atoms with van der Waals surface area (Å²) < 4.78 is 9.98. The number of hydrogen-bond acceptors (Lipinski definition) is 4. The van der Waals surface area contributed by atoms with Crippen molar-refractivity contribution >= 4 is 17.6 Å². The maximum atomic E-state index is 11.8. The van der Waals surface area contributed by atoms with E-state index in [0.29, 0.717) is 17.0 Å². The molecule has 0 heterocycles. The van der Waals surface area contributed by atoms with Gasteiger partial charge in [0.1, 0.15) is 5.75 Å². The molecule has 0 radical (unpaired) electrons. The van der Waals surface area contributed by atoms with Gasteiger partial charge in [-0.3, -0.25) is 4.79 Å². The van der Waals surface area contributed by atoms with Crippen LogP contribution in [0.15, 0.2) is 54.6 Å². The second kappa shape index (κ2) is 7.09. The Balaban J connectivity index is 1.87. The fraction of sp³-hybridized carbons (Fsp3) is 0.125. The first-order valence-corrected chi connectivity index (χ1v) is 6.35. The van der Waals surface area contributed by atoms with E-state index in [0.717, 1.165) is 0 Å². The molecular formula is C16H15NO4. The minimum atomic E-state index is -0.572. The van der Waals surface area contributed by atoms with E-state index in [1.165, 1.54) is 7.11 Å². The van der Waals surface area contributed by atoms with Crippen LogP contribution in [0.4, 0.5) is 5.69 Å². The molecule has 5 nitrogen and oxygen atoms in total. The standard InChI is InChI=1S/C16H15NO4/c1-20-14-9-5-6-12(10-14)16(19)21-11-15(18)17-13-7-3-2-4-8-13/h2-10H,11H2,1H3,(H,17,18). The highest BCUT2D eigenvalue weighted by Crippen LogP contribution is 2.13. The van der Waals surface area contributed by atoms with Gasteiger partial charge in [-0.25, -0.2) is 4.79 Å². The number of carbonyl (C=O) groups excluding carboxylic acids is 2. The van der Waals surface area contributed by atoms with Gasteiger partial charge < -0.3 is 14.8 Å². The summed E-state index contributed by atoms with van der Waals surface area (Å²) in [6, 6.07) is 15.5. The van der Waals surface area contributed by atoms with Crippen LogP contribution < -0.4 is 10.1 Å². The molecule has 0 aliphatic heterocycles. The van der Waals surface area contributed by atoms with Crippen LogP contribution in [-0.4, -0.2) is 25.6 Å². The average Bonchev–Trinajstić information content (AvgIpc) is 2.53. The van der Waals surface area contributed by atoms with E-state index in [4.69, 9.17) is 9.47 Å². The Morgan fingerprint density at radius 1 is 1.05 bits per heavy atom. The van der Waals surface area contributed by atoms with E-state index in [2.05, 4.69) is 5.32 Å². The molecule has 0 atom stereocenters. The van der Waals surface area contributed by atoms with Gasteiger partial charge in [0.15, 0.2) is 6.61 Å². The predicted molar refractivity (Wildman–Crippen MR) is 78.3 cm³/mol. The summed E-state index contributed by atoms with van der Waals surface area (Å²) in [5.41, 5.74) is 0.988. The Labute approximate surface area is 122 Å². The lowest BCUT2D eigenvalue weighted by molar-refractivity contribution is -0.119. The normalized spacial score (nSPS) is 9.76. The summed E-state index contributed by atoms with van der Waals surface area (Å²) in [6.45, 7) is -0.342. The summed E-state index contributed by atoms with van der Waals surface area (Å²) in [6.07, 6.45) is 0. The fourth-order valence-electron chi connectivity index (χ4n) is 1.68. The predicted octanol–water partition coefficient (Wildman–Crippen LogP) is 2.49. The van der Waals surface area contributed by atoms with E-state index in [1.54, 1.807) is 48.5 Å². The minimum absolute atomic E-state index is 0.335. The second-order valence-electron chi connectivity index (χ2n) is 4.22. The molecule has 2 rings (SSSR count). The van der Waals surface area contributed by atoms with Gasteiger partial charge in [0.25, 0.3) is 5.91 Å². The molecule has 0 aliphatic carbocycles. The number of carbonyl (C=O) groups is 2. The van der Waals surface area contributed by atoms with E-state index < -0.39 is 11.9 Å². The van der Waals surface area contributed by atoms with Crippen molar-refractivity contribution in [2.75, 3.05) is 19.0 Å². The first-order valence-electron chi connectivity index (χ1n) is 6.35. The largest absolute Gasteiger partial charge is 0.497 e. The smallest absolute Gasteiger partial charge is 0.338 e. The highest BCUT2D eigenvalue weighted by molar-refractivity contribution is 5.95. The lowest BCUT2D eigenvalue weighted by Crippen LogP contribution is -2.20. The number of methoxy groups -OCH3 is 1. The molecular weight excluding hydrogens is 270 g/mol. The van der Waals surface area contributed by atoms with Crippen molar-refractivity contribution in [3.63, 3.8) is 0 Å². The molecule has 0 saturated heterocycles. The molecule has 0 saturated carbocycles. The molecule has 1 amide bonds. The van der Waals surface area contributed by atoms with Crippen molar-refractivity contribution < 1.29 is 19.1 Å². The number of amides is 1. The van der Waals surface area contributed by atoms with Crippen LogP contribution in [0.25, 0.3) is 0 Å². The molecule has 21 heavy (non-hydrogen) atoms. The second-order valence-corrected chi connectivity index (χ2v) is 4.22. The monoisotopic (exact) mass is 285 g/mol. The number of para-hydroxylation sites is 1. The molecule has 0 unspecified atom stereocenters. The van der Waals surface area contributed by atoms with Gasteiger partial charge in [0.05, 0.1) is 12.7 Å². The summed E-state index contributed by atoms with van der Waals surface area (Å²) in [5, 5.41) is 2.63. The number of benzene rings is 2. The molecule has 2 aromatic carbocycles. The first kappa shape index (κ1) is 14.6. The highest BCUT2D eigenvalue weighted by atomic mass is 16.5. The third-order valence-corrected chi connectivity index (χ3v) is 2.70. The number of esters is 1. The SMILES string of the molecule is COc1cccc(C(=O)OCC(=O)Nc2ccccc2)c1. The van der Waals surface area contributed by atoms with Crippen molar-refractivity contribution in [1.82, 2.24) is 0 Å². The molecule has 1 N–H and O–H groups in total. The highest BCUT2D eigenvalue weighted by Gasteiger charge is 2.11. The van der Waals surface area contributed by atoms with Gasteiger partial charge in [-0.15, -0.1) is 0 Å². The molecule has 0 aliphatic rings. The van der Waals surface area contributed by atoms with Crippen LogP contribution in [0.2, 0.25) is 0 Å². The van der Waals surface area contributed by atoms with Crippen molar-refractivity contribution in [2.45, 2.75) is 0 Å². The zero-order valence-electron chi connectivity index (χ0n) is 11.5. The van der Waals surface area contributed by atoms with Gasteiger partial charge in [0, 0.05) is 5.69 Å². The van der Waals surface area contributed by atoms with E-state index in [9.17, 15) is 9.59 Å². The van der Waals surface area contributed by atoms with Crippen LogP contribution in [0.3, 0.4) is 0 Å². The van der Waals surface area contributed by atoms with Crippen LogP contribution in [0.1, 0.15) is 10.4 Å². The Morgan fingerprint density at radius 3 is 2.52 bits per heavy atom. The van der Waals surface area contributed by atoms with E-state index >= 15 is 0 Å². The Hall–Kier alpha value is -2.82. The number of anilines is 1. The molecule has 108 valence electrons. The zero-order chi connectivity index (χ0) is 15.1. The maximum absolute atomic E-state index is 11.8.